The summed E-state index contributed by atoms with van der Waals surface area (Å²) in [6, 6.07) is 4.67. The van der Waals surface area contributed by atoms with Gasteiger partial charge >= 0.3 is 0 Å². The molecule has 2 fully saturated rings. The Hall–Kier alpha value is -1.15. The molecule has 1 amide bonds. The van der Waals surface area contributed by atoms with Gasteiger partial charge in [-0.25, -0.2) is 8.42 Å². The van der Waals surface area contributed by atoms with Gasteiger partial charge in [-0.3, -0.25) is 4.79 Å². The quantitative estimate of drug-likeness (QED) is 0.702. The highest BCUT2D eigenvalue weighted by Crippen LogP contribution is 2.28. The summed E-state index contributed by atoms with van der Waals surface area (Å²) >= 11 is 6.21. The first-order valence-electron chi connectivity index (χ1n) is 10.7. The van der Waals surface area contributed by atoms with Crippen LogP contribution in [0.5, 0.6) is 0 Å². The molecular weight excluding hydrogens is 410 g/mol. The number of halogens is 1. The fourth-order valence-electron chi connectivity index (χ4n) is 4.04. The van der Waals surface area contributed by atoms with Crippen molar-refractivity contribution >= 4 is 27.5 Å². The average Bonchev–Trinajstić information content (AvgIpc) is 2.74. The second-order valence-corrected chi connectivity index (χ2v) is 10.4. The first-order valence-corrected chi connectivity index (χ1v) is 12.6. The summed E-state index contributed by atoms with van der Waals surface area (Å²) in [5.74, 6) is -0.233. The SMILES string of the molecule is CCCCN1CCC(NC(=O)c2ccc(Cl)c(S(=O)(=O)N3CCCCC3)c2)CC1. The fourth-order valence-corrected chi connectivity index (χ4v) is 6.06. The second kappa shape index (κ2) is 10.2. The number of rotatable bonds is 7. The molecule has 0 aliphatic carbocycles. The molecule has 1 aromatic rings. The maximum absolute atomic E-state index is 13.0. The van der Waals surface area contributed by atoms with Gasteiger partial charge in [-0.15, -0.1) is 0 Å². The van der Waals surface area contributed by atoms with E-state index in [0.717, 1.165) is 51.7 Å². The molecule has 0 radical (unpaired) electrons. The molecule has 2 saturated heterocycles. The van der Waals surface area contributed by atoms with E-state index in [1.54, 1.807) is 6.07 Å². The lowest BCUT2D eigenvalue weighted by Crippen LogP contribution is -2.44. The third kappa shape index (κ3) is 5.72. The van der Waals surface area contributed by atoms with E-state index in [2.05, 4.69) is 17.1 Å². The van der Waals surface area contributed by atoms with Gasteiger partial charge in [0.15, 0.2) is 0 Å². The zero-order valence-electron chi connectivity index (χ0n) is 17.2. The number of sulfonamides is 1. The van der Waals surface area contributed by atoms with Crippen molar-refractivity contribution in [1.29, 1.82) is 0 Å². The fraction of sp³-hybridized carbons (Fsp3) is 0.667. The number of carbonyl (C=O) groups is 1. The van der Waals surface area contributed by atoms with Crippen LogP contribution in [0.4, 0.5) is 0 Å². The number of benzene rings is 1. The van der Waals surface area contributed by atoms with Gasteiger partial charge in [0.25, 0.3) is 5.91 Å². The lowest BCUT2D eigenvalue weighted by Gasteiger charge is -2.32. The zero-order chi connectivity index (χ0) is 20.9. The minimum atomic E-state index is -3.68. The van der Waals surface area contributed by atoms with Crippen LogP contribution >= 0.6 is 11.6 Å². The number of unbranched alkanes of at least 4 members (excludes halogenated alkanes) is 1. The molecule has 0 unspecified atom stereocenters. The lowest BCUT2D eigenvalue weighted by atomic mass is 10.0. The van der Waals surface area contributed by atoms with Gasteiger partial charge in [-0.2, -0.15) is 4.31 Å². The van der Waals surface area contributed by atoms with Crippen LogP contribution in [-0.2, 0) is 10.0 Å². The van der Waals surface area contributed by atoms with Gasteiger partial charge in [0.2, 0.25) is 10.0 Å². The Morgan fingerprint density at radius 3 is 2.48 bits per heavy atom. The molecule has 0 aromatic heterocycles. The number of nitrogens with zero attached hydrogens (tertiary/aromatic N) is 2. The Morgan fingerprint density at radius 2 is 1.83 bits per heavy atom. The van der Waals surface area contributed by atoms with Crippen LogP contribution in [-0.4, -0.2) is 62.3 Å². The van der Waals surface area contributed by atoms with Gasteiger partial charge < -0.3 is 10.2 Å². The van der Waals surface area contributed by atoms with E-state index in [4.69, 9.17) is 11.6 Å². The molecule has 162 valence electrons. The third-order valence-electron chi connectivity index (χ3n) is 5.88. The molecule has 0 bridgehead atoms. The Labute approximate surface area is 179 Å². The van der Waals surface area contributed by atoms with Crippen molar-refractivity contribution in [2.75, 3.05) is 32.7 Å². The summed E-state index contributed by atoms with van der Waals surface area (Å²) in [7, 11) is -3.68. The molecule has 0 atom stereocenters. The molecule has 3 rings (SSSR count). The first kappa shape index (κ1) is 22.5. The Bertz CT molecular complexity index is 801. The third-order valence-corrected chi connectivity index (χ3v) is 8.26. The predicted molar refractivity (Wildman–Crippen MR) is 116 cm³/mol. The maximum Gasteiger partial charge on any atom is 0.251 e. The minimum Gasteiger partial charge on any atom is -0.349 e. The highest BCUT2D eigenvalue weighted by Gasteiger charge is 2.29. The summed E-state index contributed by atoms with van der Waals surface area (Å²) in [6.07, 6.45) is 6.98. The predicted octanol–water partition coefficient (Wildman–Crippen LogP) is 3.51. The van der Waals surface area contributed by atoms with E-state index in [1.807, 2.05) is 0 Å². The molecule has 1 aromatic carbocycles. The molecule has 2 heterocycles. The van der Waals surface area contributed by atoms with Crippen molar-refractivity contribution in [3.8, 4) is 0 Å². The van der Waals surface area contributed by atoms with E-state index in [9.17, 15) is 13.2 Å². The van der Waals surface area contributed by atoms with E-state index in [1.165, 1.54) is 29.3 Å². The zero-order valence-corrected chi connectivity index (χ0v) is 18.8. The molecule has 8 heteroatoms. The summed E-state index contributed by atoms with van der Waals surface area (Å²) in [4.78, 5) is 15.2. The van der Waals surface area contributed by atoms with Crippen molar-refractivity contribution in [3.05, 3.63) is 28.8 Å². The molecule has 1 N–H and O–H groups in total. The van der Waals surface area contributed by atoms with Crippen molar-refractivity contribution in [1.82, 2.24) is 14.5 Å². The van der Waals surface area contributed by atoms with Crippen LogP contribution in [0.3, 0.4) is 0 Å². The molecule has 29 heavy (non-hydrogen) atoms. The second-order valence-electron chi connectivity index (χ2n) is 8.05. The van der Waals surface area contributed by atoms with Crippen molar-refractivity contribution < 1.29 is 13.2 Å². The molecule has 2 aliphatic rings. The summed E-state index contributed by atoms with van der Waals surface area (Å²) in [5, 5.41) is 3.24. The number of nitrogens with one attached hydrogen (secondary N) is 1. The van der Waals surface area contributed by atoms with Crippen LogP contribution in [0.1, 0.15) is 62.2 Å². The van der Waals surface area contributed by atoms with Crippen LogP contribution in [0.25, 0.3) is 0 Å². The number of amides is 1. The van der Waals surface area contributed by atoms with Gasteiger partial charge in [-0.1, -0.05) is 31.4 Å². The van der Waals surface area contributed by atoms with Crippen LogP contribution < -0.4 is 5.32 Å². The number of likely N-dealkylation sites (tertiary alicyclic amines) is 1. The van der Waals surface area contributed by atoms with E-state index >= 15 is 0 Å². The van der Waals surface area contributed by atoms with E-state index in [0.29, 0.717) is 18.7 Å². The normalized spacial score (nSPS) is 19.9. The lowest BCUT2D eigenvalue weighted by molar-refractivity contribution is 0.0910. The largest absolute Gasteiger partial charge is 0.349 e. The van der Waals surface area contributed by atoms with Gasteiger partial charge in [0, 0.05) is 37.8 Å². The number of hydrogen-bond donors (Lipinski definition) is 1. The Morgan fingerprint density at radius 1 is 1.14 bits per heavy atom. The summed E-state index contributed by atoms with van der Waals surface area (Å²) in [5.41, 5.74) is 0.346. The standard InChI is InChI=1S/C21H32ClN3O3S/c1-2-3-11-24-14-9-18(10-15-24)23-21(26)17-7-8-19(22)20(16-17)29(27,28)25-12-5-4-6-13-25/h7-8,16,18H,2-6,9-15H2,1H3,(H,23,26). The van der Waals surface area contributed by atoms with Crippen molar-refractivity contribution in [3.63, 3.8) is 0 Å². The van der Waals surface area contributed by atoms with E-state index < -0.39 is 10.0 Å². The van der Waals surface area contributed by atoms with Crippen LogP contribution in [0, 0.1) is 0 Å². The van der Waals surface area contributed by atoms with E-state index in [-0.39, 0.29) is 21.9 Å². The monoisotopic (exact) mass is 441 g/mol. The van der Waals surface area contributed by atoms with Crippen molar-refractivity contribution in [2.45, 2.75) is 62.8 Å². The molecule has 6 nitrogen and oxygen atoms in total. The number of hydrogen-bond acceptors (Lipinski definition) is 4. The highest BCUT2D eigenvalue weighted by molar-refractivity contribution is 7.89. The van der Waals surface area contributed by atoms with Crippen LogP contribution in [0.2, 0.25) is 5.02 Å². The molecule has 0 spiro atoms. The van der Waals surface area contributed by atoms with Crippen LogP contribution in [0.15, 0.2) is 23.1 Å². The highest BCUT2D eigenvalue weighted by atomic mass is 35.5. The average molecular weight is 442 g/mol. The minimum absolute atomic E-state index is 0.0306. The summed E-state index contributed by atoms with van der Waals surface area (Å²) < 4.78 is 27.5. The topological polar surface area (TPSA) is 69.7 Å². The number of piperidine rings is 2. The first-order chi connectivity index (χ1) is 13.9. The van der Waals surface area contributed by atoms with Crippen molar-refractivity contribution in [2.24, 2.45) is 0 Å². The van der Waals surface area contributed by atoms with Gasteiger partial charge in [-0.05, 0) is 56.8 Å². The van der Waals surface area contributed by atoms with Gasteiger partial charge in [0.05, 0.1) is 5.02 Å². The number of carbonyl (C=O) groups excluding carboxylic acids is 1. The Balaban J connectivity index is 1.65. The maximum atomic E-state index is 13.0. The Kier molecular flexibility index (Phi) is 7.96. The molecular formula is C21H32ClN3O3S. The summed E-state index contributed by atoms with van der Waals surface area (Å²) in [6.45, 7) is 6.29. The molecule has 0 saturated carbocycles. The smallest absolute Gasteiger partial charge is 0.251 e. The van der Waals surface area contributed by atoms with Gasteiger partial charge in [0.1, 0.15) is 4.90 Å². The molecule has 2 aliphatic heterocycles.